The smallest absolute Gasteiger partial charge is 0.417 e. The fraction of sp³-hybridized carbons (Fsp3) is 0.125. The molecule has 0 aliphatic rings. The van der Waals surface area contributed by atoms with Crippen molar-refractivity contribution in [3.63, 3.8) is 0 Å². The van der Waals surface area contributed by atoms with E-state index in [1.54, 1.807) is 0 Å². The van der Waals surface area contributed by atoms with Crippen LogP contribution in [0.1, 0.15) is 5.56 Å². The molecule has 0 atom stereocenters. The van der Waals surface area contributed by atoms with Crippen LogP contribution in [0, 0.1) is 0 Å². The van der Waals surface area contributed by atoms with Gasteiger partial charge in [0.1, 0.15) is 5.69 Å². The van der Waals surface area contributed by atoms with Crippen molar-refractivity contribution >= 4 is 5.69 Å². The second-order valence-electron chi connectivity index (χ2n) is 2.90. The van der Waals surface area contributed by atoms with Crippen LogP contribution in [-0.4, -0.2) is 15.2 Å². The number of hydrogen-bond donors (Lipinski definition) is 1. The number of rotatable bonds is 1. The lowest BCUT2D eigenvalue weighted by molar-refractivity contribution is -0.137. The summed E-state index contributed by atoms with van der Waals surface area (Å²) in [4.78, 5) is 3.55. The Hall–Kier alpha value is -2.12. The number of nitrogen functional groups attached to an aromatic ring is 1. The first kappa shape index (κ1) is 10.4. The number of alkyl halides is 3. The first-order chi connectivity index (χ1) is 7.48. The van der Waals surface area contributed by atoms with Gasteiger partial charge in [0.25, 0.3) is 5.89 Å². The van der Waals surface area contributed by atoms with E-state index in [1.807, 2.05) is 0 Å². The molecule has 2 aromatic rings. The van der Waals surface area contributed by atoms with E-state index >= 15 is 0 Å². The van der Waals surface area contributed by atoms with E-state index in [0.717, 1.165) is 12.5 Å². The number of halogens is 3. The third kappa shape index (κ3) is 1.81. The molecule has 0 saturated carbocycles. The molecule has 2 N–H and O–H groups in total. The van der Waals surface area contributed by atoms with Gasteiger partial charge in [0.2, 0.25) is 6.39 Å². The van der Waals surface area contributed by atoms with Crippen molar-refractivity contribution in [3.05, 3.63) is 24.2 Å². The number of nitrogens with zero attached hydrogens (tertiary/aromatic N) is 3. The Morgan fingerprint density at radius 2 is 2.06 bits per heavy atom. The van der Waals surface area contributed by atoms with E-state index in [0.29, 0.717) is 6.20 Å². The molecule has 0 spiro atoms. The molecule has 2 aromatic heterocycles. The Morgan fingerprint density at radius 3 is 2.56 bits per heavy atom. The molecular weight excluding hydrogens is 225 g/mol. The lowest BCUT2D eigenvalue weighted by Gasteiger charge is -2.07. The van der Waals surface area contributed by atoms with Gasteiger partial charge in [-0.15, -0.1) is 10.2 Å². The summed E-state index contributed by atoms with van der Waals surface area (Å²) in [6.07, 6.45) is -2.78. The first-order valence-electron chi connectivity index (χ1n) is 4.08. The highest BCUT2D eigenvalue weighted by atomic mass is 19.4. The molecule has 0 aliphatic carbocycles. The van der Waals surface area contributed by atoms with E-state index in [1.165, 1.54) is 0 Å². The fourth-order valence-corrected chi connectivity index (χ4v) is 1.09. The molecule has 0 fully saturated rings. The molecule has 5 nitrogen and oxygen atoms in total. The summed E-state index contributed by atoms with van der Waals surface area (Å²) >= 11 is 0. The van der Waals surface area contributed by atoms with Crippen molar-refractivity contribution in [2.75, 3.05) is 5.73 Å². The zero-order valence-electron chi connectivity index (χ0n) is 7.69. The van der Waals surface area contributed by atoms with Crippen LogP contribution in [0.5, 0.6) is 0 Å². The van der Waals surface area contributed by atoms with Gasteiger partial charge in [-0.2, -0.15) is 13.2 Å². The Bertz CT molecular complexity index is 494. The van der Waals surface area contributed by atoms with Crippen LogP contribution in [0.4, 0.5) is 18.9 Å². The van der Waals surface area contributed by atoms with Crippen LogP contribution in [0.25, 0.3) is 11.6 Å². The minimum Gasteiger partial charge on any atom is -0.422 e. The molecular formula is C8H5F3N4O. The zero-order chi connectivity index (χ0) is 11.8. The average molecular weight is 230 g/mol. The highest BCUT2D eigenvalue weighted by molar-refractivity contribution is 5.66. The van der Waals surface area contributed by atoms with E-state index in [9.17, 15) is 13.2 Å². The van der Waals surface area contributed by atoms with Gasteiger partial charge in [-0.25, -0.2) is 4.98 Å². The number of hydrogen-bond acceptors (Lipinski definition) is 5. The van der Waals surface area contributed by atoms with Crippen molar-refractivity contribution in [1.29, 1.82) is 0 Å². The minimum atomic E-state index is -4.48. The Labute approximate surface area is 87.1 Å². The first-order valence-corrected chi connectivity index (χ1v) is 4.08. The van der Waals surface area contributed by atoms with Gasteiger partial charge in [-0.05, 0) is 6.07 Å². The van der Waals surface area contributed by atoms with Gasteiger partial charge < -0.3 is 10.2 Å². The van der Waals surface area contributed by atoms with Crippen LogP contribution in [0.15, 0.2) is 23.1 Å². The monoisotopic (exact) mass is 230 g/mol. The van der Waals surface area contributed by atoms with Crippen molar-refractivity contribution in [2.45, 2.75) is 6.18 Å². The maximum absolute atomic E-state index is 12.3. The molecule has 0 aromatic carbocycles. The third-order valence-electron chi connectivity index (χ3n) is 1.81. The summed E-state index contributed by atoms with van der Waals surface area (Å²) in [6.45, 7) is 0. The van der Waals surface area contributed by atoms with Gasteiger partial charge in [0.15, 0.2) is 0 Å². The Balaban J connectivity index is 2.46. The third-order valence-corrected chi connectivity index (χ3v) is 1.81. The molecule has 2 heterocycles. The van der Waals surface area contributed by atoms with Crippen LogP contribution in [0.2, 0.25) is 0 Å². The average Bonchev–Trinajstić information content (AvgIpc) is 2.69. The molecule has 0 amide bonds. The molecule has 0 saturated heterocycles. The highest BCUT2D eigenvalue weighted by Gasteiger charge is 2.31. The van der Waals surface area contributed by atoms with Crippen LogP contribution in [0.3, 0.4) is 0 Å². The summed E-state index contributed by atoms with van der Waals surface area (Å²) in [5.41, 5.74) is 4.36. The molecule has 0 radical (unpaired) electrons. The SMILES string of the molecule is Nc1cc(C(F)(F)F)cnc1-c1nnco1. The summed E-state index contributed by atoms with van der Waals surface area (Å²) in [7, 11) is 0. The van der Waals surface area contributed by atoms with Crippen molar-refractivity contribution < 1.29 is 17.6 Å². The van der Waals surface area contributed by atoms with Crippen molar-refractivity contribution in [3.8, 4) is 11.6 Å². The Kier molecular flexibility index (Phi) is 2.26. The van der Waals surface area contributed by atoms with Crippen LogP contribution < -0.4 is 5.73 Å². The van der Waals surface area contributed by atoms with E-state index in [4.69, 9.17) is 10.2 Å². The van der Waals surface area contributed by atoms with Gasteiger partial charge in [-0.1, -0.05) is 0 Å². The minimum absolute atomic E-state index is 0.0220. The largest absolute Gasteiger partial charge is 0.422 e. The van der Waals surface area contributed by atoms with E-state index in [2.05, 4.69) is 15.2 Å². The second kappa shape index (κ2) is 3.47. The summed E-state index contributed by atoms with van der Waals surface area (Å²) < 4.78 is 41.7. The van der Waals surface area contributed by atoms with E-state index in [-0.39, 0.29) is 17.3 Å². The van der Waals surface area contributed by atoms with Crippen molar-refractivity contribution in [2.24, 2.45) is 0 Å². The standard InChI is InChI=1S/C8H5F3N4O/c9-8(10,11)4-1-5(12)6(13-2-4)7-15-14-3-16-7/h1-3H,12H2. The quantitative estimate of drug-likeness (QED) is 0.807. The Morgan fingerprint density at radius 1 is 1.31 bits per heavy atom. The number of anilines is 1. The molecule has 0 bridgehead atoms. The molecule has 16 heavy (non-hydrogen) atoms. The number of nitrogens with two attached hydrogens (primary N) is 1. The second-order valence-corrected chi connectivity index (χ2v) is 2.90. The number of aromatic nitrogens is 3. The molecule has 0 aliphatic heterocycles. The van der Waals surface area contributed by atoms with Crippen molar-refractivity contribution in [1.82, 2.24) is 15.2 Å². The van der Waals surface area contributed by atoms with Gasteiger partial charge in [-0.3, -0.25) is 0 Å². The molecule has 8 heteroatoms. The molecule has 0 unspecified atom stereocenters. The summed E-state index contributed by atoms with van der Waals surface area (Å²) in [5, 5.41) is 6.88. The van der Waals surface area contributed by atoms with Crippen LogP contribution >= 0.6 is 0 Å². The van der Waals surface area contributed by atoms with Gasteiger partial charge in [0, 0.05) is 6.20 Å². The topological polar surface area (TPSA) is 77.8 Å². The van der Waals surface area contributed by atoms with Gasteiger partial charge >= 0.3 is 6.18 Å². The maximum Gasteiger partial charge on any atom is 0.417 e. The van der Waals surface area contributed by atoms with Gasteiger partial charge in [0.05, 0.1) is 11.3 Å². The zero-order valence-corrected chi connectivity index (χ0v) is 7.69. The van der Waals surface area contributed by atoms with Crippen LogP contribution in [-0.2, 0) is 6.18 Å². The summed E-state index contributed by atoms with van der Waals surface area (Å²) in [5.74, 6) is -0.0220. The van der Waals surface area contributed by atoms with E-state index < -0.39 is 11.7 Å². The number of pyridine rings is 1. The lowest BCUT2D eigenvalue weighted by Crippen LogP contribution is -2.07. The summed E-state index contributed by atoms with van der Waals surface area (Å²) in [6, 6.07) is 0.770. The highest BCUT2D eigenvalue weighted by Crippen LogP contribution is 2.32. The lowest BCUT2D eigenvalue weighted by atomic mass is 10.2. The molecule has 84 valence electrons. The molecule has 2 rings (SSSR count). The normalized spacial score (nSPS) is 11.7. The maximum atomic E-state index is 12.3. The predicted octanol–water partition coefficient (Wildman–Crippen LogP) is 1.73. The predicted molar refractivity (Wildman–Crippen MR) is 46.9 cm³/mol. The fourth-order valence-electron chi connectivity index (χ4n) is 1.09.